The molecule has 0 bridgehead atoms. The highest BCUT2D eigenvalue weighted by molar-refractivity contribution is 5.88. The Labute approximate surface area is 145 Å². The van der Waals surface area contributed by atoms with Crippen LogP contribution in [0.5, 0.6) is 0 Å². The molecule has 2 heterocycles. The van der Waals surface area contributed by atoms with Crippen LogP contribution in [0.1, 0.15) is 12.5 Å². The standard InChI is InChI=1S/C17H20N6O2/c1-13(12-24)20-17(25)21-16-7-8-18-23(16)11-14-9-19-22(10-14)15-5-3-2-4-6-15/h2-10,13,24H,11-12H2,1H3,(H2,20,21,25)/t13-/m0/s1. The molecule has 0 saturated carbocycles. The number of para-hydroxylation sites is 1. The summed E-state index contributed by atoms with van der Waals surface area (Å²) < 4.78 is 3.47. The maximum atomic E-state index is 11.9. The number of hydrogen-bond donors (Lipinski definition) is 3. The van der Waals surface area contributed by atoms with E-state index in [9.17, 15) is 4.79 Å². The molecule has 0 aliphatic carbocycles. The van der Waals surface area contributed by atoms with Crippen molar-refractivity contribution in [3.63, 3.8) is 0 Å². The minimum Gasteiger partial charge on any atom is -0.394 e. The number of urea groups is 1. The summed E-state index contributed by atoms with van der Waals surface area (Å²) in [5.41, 5.74) is 1.93. The van der Waals surface area contributed by atoms with Gasteiger partial charge in [-0.05, 0) is 19.1 Å². The molecule has 0 spiro atoms. The molecule has 2 amide bonds. The van der Waals surface area contributed by atoms with Crippen LogP contribution in [0, 0.1) is 0 Å². The second-order valence-corrected chi connectivity index (χ2v) is 5.68. The fraction of sp³-hybridized carbons (Fsp3) is 0.235. The molecule has 130 valence electrons. The van der Waals surface area contributed by atoms with Crippen LogP contribution in [-0.4, -0.2) is 43.3 Å². The molecular weight excluding hydrogens is 320 g/mol. The number of nitrogens with one attached hydrogen (secondary N) is 2. The molecule has 0 unspecified atom stereocenters. The Morgan fingerprint density at radius 1 is 1.24 bits per heavy atom. The van der Waals surface area contributed by atoms with E-state index in [1.807, 2.05) is 36.5 Å². The molecule has 8 nitrogen and oxygen atoms in total. The number of aliphatic hydroxyl groups is 1. The van der Waals surface area contributed by atoms with Gasteiger partial charge in [-0.1, -0.05) is 18.2 Å². The summed E-state index contributed by atoms with van der Waals surface area (Å²) in [6, 6.07) is 10.8. The number of aliphatic hydroxyl groups excluding tert-OH is 1. The van der Waals surface area contributed by atoms with Crippen LogP contribution in [0.25, 0.3) is 5.69 Å². The predicted octanol–water partition coefficient (Wildman–Crippen LogP) is 1.62. The van der Waals surface area contributed by atoms with Crippen molar-refractivity contribution in [2.24, 2.45) is 0 Å². The molecule has 3 rings (SSSR count). The van der Waals surface area contributed by atoms with Crippen molar-refractivity contribution in [1.82, 2.24) is 24.9 Å². The molecule has 0 aliphatic rings. The topological polar surface area (TPSA) is 97.0 Å². The molecule has 0 fully saturated rings. The Balaban J connectivity index is 1.67. The third kappa shape index (κ3) is 4.24. The second-order valence-electron chi connectivity index (χ2n) is 5.68. The first-order chi connectivity index (χ1) is 12.2. The lowest BCUT2D eigenvalue weighted by atomic mass is 10.3. The van der Waals surface area contributed by atoms with E-state index in [1.165, 1.54) is 0 Å². The Kier molecular flexibility index (Phi) is 5.10. The first kappa shape index (κ1) is 16.7. The smallest absolute Gasteiger partial charge is 0.320 e. The summed E-state index contributed by atoms with van der Waals surface area (Å²) in [6.07, 6.45) is 5.31. The number of anilines is 1. The average Bonchev–Trinajstić information content (AvgIpc) is 3.26. The first-order valence-electron chi connectivity index (χ1n) is 7.95. The normalized spacial score (nSPS) is 11.9. The number of nitrogens with zero attached hydrogens (tertiary/aromatic N) is 4. The molecule has 3 aromatic rings. The van der Waals surface area contributed by atoms with Crippen molar-refractivity contribution in [3.8, 4) is 5.69 Å². The number of amides is 2. The van der Waals surface area contributed by atoms with E-state index in [1.54, 1.807) is 34.7 Å². The van der Waals surface area contributed by atoms with Gasteiger partial charge < -0.3 is 10.4 Å². The lowest BCUT2D eigenvalue weighted by Gasteiger charge is -2.12. The van der Waals surface area contributed by atoms with Gasteiger partial charge in [-0.15, -0.1) is 0 Å². The Hall–Kier alpha value is -3.13. The number of rotatable bonds is 6. The molecule has 1 aromatic carbocycles. The van der Waals surface area contributed by atoms with E-state index < -0.39 is 0 Å². The highest BCUT2D eigenvalue weighted by atomic mass is 16.3. The summed E-state index contributed by atoms with van der Waals surface area (Å²) in [5, 5.41) is 22.9. The molecule has 3 N–H and O–H groups in total. The van der Waals surface area contributed by atoms with E-state index >= 15 is 0 Å². The zero-order valence-electron chi connectivity index (χ0n) is 13.8. The second kappa shape index (κ2) is 7.63. The van der Waals surface area contributed by atoms with Crippen molar-refractivity contribution < 1.29 is 9.90 Å². The van der Waals surface area contributed by atoms with Crippen molar-refractivity contribution in [3.05, 3.63) is 60.6 Å². The van der Waals surface area contributed by atoms with E-state index in [0.29, 0.717) is 12.4 Å². The van der Waals surface area contributed by atoms with Crippen molar-refractivity contribution >= 4 is 11.8 Å². The molecule has 0 radical (unpaired) electrons. The molecule has 0 saturated heterocycles. The number of carbonyl (C=O) groups is 1. The van der Waals surface area contributed by atoms with Crippen LogP contribution < -0.4 is 10.6 Å². The van der Waals surface area contributed by atoms with Gasteiger partial charge in [-0.3, -0.25) is 5.32 Å². The highest BCUT2D eigenvalue weighted by Crippen LogP contribution is 2.12. The first-order valence-corrected chi connectivity index (χ1v) is 7.95. The maximum Gasteiger partial charge on any atom is 0.320 e. The Bertz CT molecular complexity index is 827. The van der Waals surface area contributed by atoms with Crippen LogP contribution in [0.3, 0.4) is 0 Å². The summed E-state index contributed by atoms with van der Waals surface area (Å²) in [4.78, 5) is 11.9. The van der Waals surface area contributed by atoms with Crippen LogP contribution in [0.2, 0.25) is 0 Å². The van der Waals surface area contributed by atoms with E-state index in [2.05, 4.69) is 20.8 Å². The largest absolute Gasteiger partial charge is 0.394 e. The summed E-state index contributed by atoms with van der Waals surface area (Å²) in [6.45, 7) is 2.07. The lowest BCUT2D eigenvalue weighted by Crippen LogP contribution is -2.38. The minimum absolute atomic E-state index is 0.120. The predicted molar refractivity (Wildman–Crippen MR) is 93.6 cm³/mol. The van der Waals surface area contributed by atoms with Gasteiger partial charge in [0.15, 0.2) is 0 Å². The molecule has 8 heteroatoms. The van der Waals surface area contributed by atoms with Crippen LogP contribution in [0.15, 0.2) is 55.0 Å². The van der Waals surface area contributed by atoms with Gasteiger partial charge in [-0.25, -0.2) is 14.2 Å². The average molecular weight is 340 g/mol. The van der Waals surface area contributed by atoms with E-state index in [4.69, 9.17) is 5.11 Å². The van der Waals surface area contributed by atoms with Gasteiger partial charge in [0.1, 0.15) is 5.82 Å². The quantitative estimate of drug-likeness (QED) is 0.635. The number of carbonyl (C=O) groups excluding carboxylic acids is 1. The summed E-state index contributed by atoms with van der Waals surface area (Å²) >= 11 is 0. The fourth-order valence-corrected chi connectivity index (χ4v) is 2.32. The van der Waals surface area contributed by atoms with Crippen LogP contribution in [-0.2, 0) is 6.54 Å². The highest BCUT2D eigenvalue weighted by Gasteiger charge is 2.10. The lowest BCUT2D eigenvalue weighted by molar-refractivity contribution is 0.229. The molecule has 1 atom stereocenters. The summed E-state index contributed by atoms with van der Waals surface area (Å²) in [5.74, 6) is 0.565. The van der Waals surface area contributed by atoms with Gasteiger partial charge in [0.2, 0.25) is 0 Å². The minimum atomic E-state index is -0.386. The van der Waals surface area contributed by atoms with Crippen molar-refractivity contribution in [2.75, 3.05) is 11.9 Å². The van der Waals surface area contributed by atoms with Gasteiger partial charge >= 0.3 is 6.03 Å². The van der Waals surface area contributed by atoms with Gasteiger partial charge in [0, 0.05) is 17.8 Å². The van der Waals surface area contributed by atoms with Gasteiger partial charge in [0.25, 0.3) is 0 Å². The van der Waals surface area contributed by atoms with E-state index in [0.717, 1.165) is 11.3 Å². The van der Waals surface area contributed by atoms with Gasteiger partial charge in [-0.2, -0.15) is 10.2 Å². The van der Waals surface area contributed by atoms with Crippen LogP contribution >= 0.6 is 0 Å². The Morgan fingerprint density at radius 2 is 2.04 bits per heavy atom. The van der Waals surface area contributed by atoms with Crippen LogP contribution in [0.4, 0.5) is 10.6 Å². The molecular formula is C17H20N6O2. The van der Waals surface area contributed by atoms with Crippen molar-refractivity contribution in [1.29, 1.82) is 0 Å². The zero-order valence-corrected chi connectivity index (χ0v) is 13.8. The van der Waals surface area contributed by atoms with E-state index in [-0.39, 0.29) is 18.7 Å². The molecule has 2 aromatic heterocycles. The number of hydrogen-bond acceptors (Lipinski definition) is 4. The fourth-order valence-electron chi connectivity index (χ4n) is 2.32. The zero-order chi connectivity index (χ0) is 17.6. The van der Waals surface area contributed by atoms with Gasteiger partial charge in [0.05, 0.1) is 37.3 Å². The monoisotopic (exact) mass is 340 g/mol. The SMILES string of the molecule is C[C@@H](CO)NC(=O)Nc1ccnn1Cc1cnn(-c2ccccc2)c1. The summed E-state index contributed by atoms with van der Waals surface area (Å²) in [7, 11) is 0. The third-order valence-corrected chi connectivity index (χ3v) is 3.60. The maximum absolute atomic E-state index is 11.9. The number of benzene rings is 1. The third-order valence-electron chi connectivity index (χ3n) is 3.60. The Morgan fingerprint density at radius 3 is 2.80 bits per heavy atom. The number of aromatic nitrogens is 4. The molecule has 25 heavy (non-hydrogen) atoms. The molecule has 0 aliphatic heterocycles. The van der Waals surface area contributed by atoms with Crippen molar-refractivity contribution in [2.45, 2.75) is 19.5 Å².